The highest BCUT2D eigenvalue weighted by molar-refractivity contribution is 5.82. The second-order valence-corrected chi connectivity index (χ2v) is 6.67. The molecule has 7 nitrogen and oxygen atoms in total. The molecule has 2 fully saturated rings. The number of halogens is 1. The molecule has 2 aliphatic rings. The fourth-order valence-electron chi connectivity index (χ4n) is 3.59. The van der Waals surface area contributed by atoms with E-state index in [1.165, 1.54) is 6.20 Å². The molecule has 2 saturated heterocycles. The Bertz CT molecular complexity index is 924. The van der Waals surface area contributed by atoms with Crippen molar-refractivity contribution >= 4 is 28.4 Å². The summed E-state index contributed by atoms with van der Waals surface area (Å²) in [6, 6.07) is 6.30. The van der Waals surface area contributed by atoms with Gasteiger partial charge in [-0.15, -0.1) is 0 Å². The van der Waals surface area contributed by atoms with E-state index in [0.29, 0.717) is 17.9 Å². The van der Waals surface area contributed by atoms with Crippen molar-refractivity contribution < 1.29 is 4.39 Å². The molecule has 4 heterocycles. The average molecular weight is 339 g/mol. The topological polar surface area (TPSA) is 81.8 Å². The lowest BCUT2D eigenvalue weighted by molar-refractivity contribution is 0.197. The highest BCUT2D eigenvalue weighted by Crippen LogP contribution is 2.27. The zero-order valence-electron chi connectivity index (χ0n) is 13.5. The highest BCUT2D eigenvalue weighted by Gasteiger charge is 2.36. The Balaban J connectivity index is 1.40. The lowest BCUT2D eigenvalue weighted by Crippen LogP contribution is -2.61. The fraction of sp³-hybridized carbons (Fsp3) is 0.353. The van der Waals surface area contributed by atoms with Crippen molar-refractivity contribution in [2.24, 2.45) is 5.92 Å². The number of piperidine rings is 1. The minimum atomic E-state index is -0.462. The van der Waals surface area contributed by atoms with Gasteiger partial charge in [-0.1, -0.05) is 0 Å². The Kier molecular flexibility index (Phi) is 3.30. The van der Waals surface area contributed by atoms with E-state index in [1.807, 2.05) is 18.2 Å². The van der Waals surface area contributed by atoms with Crippen molar-refractivity contribution in [2.45, 2.75) is 12.5 Å². The Morgan fingerprint density at radius 2 is 2.24 bits per heavy atom. The minimum absolute atomic E-state index is 0.196. The van der Waals surface area contributed by atoms with Crippen LogP contribution in [0, 0.1) is 11.7 Å². The molecule has 3 aromatic rings. The number of H-pyrrole nitrogens is 1. The van der Waals surface area contributed by atoms with E-state index in [2.05, 4.69) is 35.7 Å². The van der Waals surface area contributed by atoms with E-state index < -0.39 is 5.82 Å². The Morgan fingerprint density at radius 3 is 3.08 bits per heavy atom. The molecule has 0 bridgehead atoms. The summed E-state index contributed by atoms with van der Waals surface area (Å²) in [6.07, 6.45) is 4.05. The van der Waals surface area contributed by atoms with E-state index in [0.717, 1.165) is 42.6 Å². The predicted octanol–water partition coefficient (Wildman–Crippen LogP) is 2.03. The summed E-state index contributed by atoms with van der Waals surface area (Å²) in [6.45, 7) is 2.85. The van der Waals surface area contributed by atoms with Crippen LogP contribution in [0.3, 0.4) is 0 Å². The summed E-state index contributed by atoms with van der Waals surface area (Å²) < 4.78 is 14.2. The number of hydrogen-bond donors (Lipinski definition) is 3. The first-order chi connectivity index (χ1) is 12.3. The number of nitrogens with one attached hydrogen (secondary N) is 3. The number of rotatable bonds is 3. The van der Waals surface area contributed by atoms with Gasteiger partial charge in [0, 0.05) is 42.7 Å². The third-order valence-electron chi connectivity index (χ3n) is 5.09. The van der Waals surface area contributed by atoms with Crippen LogP contribution in [0.2, 0.25) is 0 Å². The molecule has 0 radical (unpaired) electrons. The SMILES string of the molecule is Fc1cnc(N2CCC3NCC3C2)nc1Nc1ccc2[nH]ncc2c1. The lowest BCUT2D eigenvalue weighted by Gasteiger charge is -2.46. The molecule has 3 N–H and O–H groups in total. The number of hydrogen-bond acceptors (Lipinski definition) is 6. The molecule has 8 heteroatoms. The summed E-state index contributed by atoms with van der Waals surface area (Å²) in [5.41, 5.74) is 1.70. The molecule has 1 aromatic carbocycles. The summed E-state index contributed by atoms with van der Waals surface area (Å²) >= 11 is 0. The maximum Gasteiger partial charge on any atom is 0.227 e. The van der Waals surface area contributed by atoms with Crippen LogP contribution < -0.4 is 15.5 Å². The van der Waals surface area contributed by atoms with Gasteiger partial charge in [0.05, 0.1) is 17.9 Å². The third-order valence-corrected chi connectivity index (χ3v) is 5.09. The van der Waals surface area contributed by atoms with Gasteiger partial charge in [-0.2, -0.15) is 10.1 Å². The molecule has 25 heavy (non-hydrogen) atoms. The van der Waals surface area contributed by atoms with Crippen LogP contribution in [0.4, 0.5) is 21.8 Å². The van der Waals surface area contributed by atoms with E-state index in [9.17, 15) is 4.39 Å². The number of aromatic amines is 1. The summed E-state index contributed by atoms with van der Waals surface area (Å²) in [5.74, 6) is 0.957. The number of fused-ring (bicyclic) bond motifs is 2. The molecule has 0 saturated carbocycles. The second kappa shape index (κ2) is 5.66. The maximum atomic E-state index is 14.2. The molecule has 2 aromatic heterocycles. The first kappa shape index (κ1) is 14.6. The summed E-state index contributed by atoms with van der Waals surface area (Å²) in [4.78, 5) is 10.8. The van der Waals surface area contributed by atoms with Gasteiger partial charge in [0.2, 0.25) is 5.95 Å². The smallest absolute Gasteiger partial charge is 0.227 e. The lowest BCUT2D eigenvalue weighted by atomic mass is 9.85. The first-order valence-corrected chi connectivity index (χ1v) is 8.47. The Morgan fingerprint density at radius 1 is 1.28 bits per heavy atom. The van der Waals surface area contributed by atoms with Crippen molar-refractivity contribution in [3.63, 3.8) is 0 Å². The highest BCUT2D eigenvalue weighted by atomic mass is 19.1. The van der Waals surface area contributed by atoms with Gasteiger partial charge in [0.15, 0.2) is 11.6 Å². The molecule has 0 spiro atoms. The Labute approximate surface area is 143 Å². The summed E-state index contributed by atoms with van der Waals surface area (Å²) in [5, 5.41) is 14.4. The average Bonchev–Trinajstić information content (AvgIpc) is 3.06. The number of nitrogens with zero attached hydrogens (tertiary/aromatic N) is 4. The van der Waals surface area contributed by atoms with Crippen LogP contribution in [-0.4, -0.2) is 45.8 Å². The van der Waals surface area contributed by atoms with Gasteiger partial charge in [-0.05, 0) is 24.6 Å². The van der Waals surface area contributed by atoms with E-state index >= 15 is 0 Å². The monoisotopic (exact) mass is 339 g/mol. The number of anilines is 3. The van der Waals surface area contributed by atoms with Crippen LogP contribution in [0.15, 0.2) is 30.6 Å². The van der Waals surface area contributed by atoms with Crippen LogP contribution in [-0.2, 0) is 0 Å². The van der Waals surface area contributed by atoms with Crippen LogP contribution in [0.1, 0.15) is 6.42 Å². The molecule has 0 aliphatic carbocycles. The van der Waals surface area contributed by atoms with Crippen molar-refractivity contribution in [3.8, 4) is 0 Å². The molecular formula is C17H18FN7. The first-order valence-electron chi connectivity index (χ1n) is 8.47. The summed E-state index contributed by atoms with van der Waals surface area (Å²) in [7, 11) is 0. The number of benzene rings is 1. The van der Waals surface area contributed by atoms with E-state index in [-0.39, 0.29) is 5.82 Å². The quantitative estimate of drug-likeness (QED) is 0.677. The van der Waals surface area contributed by atoms with Crippen molar-refractivity contribution in [3.05, 3.63) is 36.4 Å². The van der Waals surface area contributed by atoms with Crippen molar-refractivity contribution in [1.82, 2.24) is 25.5 Å². The zero-order chi connectivity index (χ0) is 16.8. The fourth-order valence-corrected chi connectivity index (χ4v) is 3.59. The van der Waals surface area contributed by atoms with Gasteiger partial charge in [-0.3, -0.25) is 5.10 Å². The second-order valence-electron chi connectivity index (χ2n) is 6.67. The largest absolute Gasteiger partial charge is 0.340 e. The van der Waals surface area contributed by atoms with Crippen molar-refractivity contribution in [1.29, 1.82) is 0 Å². The van der Waals surface area contributed by atoms with Gasteiger partial charge in [0.1, 0.15) is 0 Å². The molecule has 128 valence electrons. The maximum absolute atomic E-state index is 14.2. The van der Waals surface area contributed by atoms with Gasteiger partial charge < -0.3 is 15.5 Å². The van der Waals surface area contributed by atoms with Crippen LogP contribution in [0.5, 0.6) is 0 Å². The molecule has 2 unspecified atom stereocenters. The predicted molar refractivity (Wildman–Crippen MR) is 93.5 cm³/mol. The van der Waals surface area contributed by atoms with Gasteiger partial charge >= 0.3 is 0 Å². The standard InChI is InChI=1S/C17H18FN7/c18-13-8-20-17(25-4-3-14-11(9-25)6-19-14)23-16(13)22-12-1-2-15-10(5-12)7-21-24-15/h1-2,5,7-8,11,14,19H,3-4,6,9H2,(H,21,24)(H,20,22,23). The normalized spacial score (nSPS) is 22.5. The molecular weight excluding hydrogens is 321 g/mol. The van der Waals surface area contributed by atoms with Crippen molar-refractivity contribution in [2.75, 3.05) is 29.9 Å². The van der Waals surface area contributed by atoms with E-state index in [1.54, 1.807) is 6.20 Å². The Hall–Kier alpha value is -2.74. The molecule has 2 atom stereocenters. The third kappa shape index (κ3) is 2.58. The zero-order valence-corrected chi connectivity index (χ0v) is 13.5. The molecule has 0 amide bonds. The van der Waals surface area contributed by atoms with Gasteiger partial charge in [0.25, 0.3) is 0 Å². The molecule has 5 rings (SSSR count). The van der Waals surface area contributed by atoms with Gasteiger partial charge in [-0.25, -0.2) is 9.37 Å². The van der Waals surface area contributed by atoms with Crippen LogP contribution in [0.25, 0.3) is 10.9 Å². The minimum Gasteiger partial charge on any atom is -0.340 e. The van der Waals surface area contributed by atoms with E-state index in [4.69, 9.17) is 0 Å². The molecule has 2 aliphatic heterocycles. The van der Waals surface area contributed by atoms with Crippen LogP contribution >= 0.6 is 0 Å². The number of aromatic nitrogens is 4.